The van der Waals surface area contributed by atoms with Gasteiger partial charge in [0, 0.05) is 4.88 Å². The topological polar surface area (TPSA) is 95.2 Å². The molecule has 0 amide bonds. The molecule has 2 heterocycles. The molecule has 0 aliphatic carbocycles. The molecule has 118 valence electrons. The van der Waals surface area contributed by atoms with Crippen molar-refractivity contribution in [1.82, 2.24) is 9.97 Å². The second kappa shape index (κ2) is 7.06. The van der Waals surface area contributed by atoms with Crippen molar-refractivity contribution < 1.29 is 14.3 Å². The summed E-state index contributed by atoms with van der Waals surface area (Å²) in [5.41, 5.74) is 7.07. The third-order valence-corrected chi connectivity index (χ3v) is 5.05. The van der Waals surface area contributed by atoms with Crippen molar-refractivity contribution in [3.63, 3.8) is 0 Å². The quantitative estimate of drug-likeness (QED) is 0.374. The number of carbonyl (C=O) groups is 2. The summed E-state index contributed by atoms with van der Waals surface area (Å²) in [5, 5.41) is 1.33. The monoisotopic (exact) mass is 339 g/mol. The van der Waals surface area contributed by atoms with Gasteiger partial charge in [-0.3, -0.25) is 9.59 Å². The summed E-state index contributed by atoms with van der Waals surface area (Å²) in [6.45, 7) is 5.97. The molecule has 2 aromatic heterocycles. The average molecular weight is 339 g/mol. The summed E-state index contributed by atoms with van der Waals surface area (Å²) in [6, 6.07) is 0. The van der Waals surface area contributed by atoms with Crippen LogP contribution in [0.2, 0.25) is 0 Å². The number of Topliss-reactive ketones (excluding diaryl/α,β-unsaturated/α-hetero) is 1. The minimum atomic E-state index is -0.506. The van der Waals surface area contributed by atoms with Crippen LogP contribution in [0, 0.1) is 13.8 Å². The number of hydrogen-bond acceptors (Lipinski definition) is 8. The van der Waals surface area contributed by atoms with E-state index in [1.807, 2.05) is 13.8 Å². The van der Waals surface area contributed by atoms with E-state index < -0.39 is 5.97 Å². The maximum Gasteiger partial charge on any atom is 0.313 e. The summed E-state index contributed by atoms with van der Waals surface area (Å²) < 4.78 is 4.74. The van der Waals surface area contributed by atoms with Crippen LogP contribution in [-0.2, 0) is 14.3 Å². The normalized spacial score (nSPS) is 10.9. The van der Waals surface area contributed by atoms with Crippen molar-refractivity contribution in [3.05, 3.63) is 10.4 Å². The van der Waals surface area contributed by atoms with Crippen LogP contribution in [0.25, 0.3) is 10.2 Å². The molecule has 2 N–H and O–H groups in total. The number of aryl methyl sites for hydroxylation is 2. The first-order chi connectivity index (χ1) is 10.4. The second-order valence-corrected chi connectivity index (χ2v) is 6.81. The molecular weight excluding hydrogens is 322 g/mol. The second-order valence-electron chi connectivity index (χ2n) is 4.66. The molecule has 0 unspecified atom stereocenters. The van der Waals surface area contributed by atoms with Gasteiger partial charge in [-0.1, -0.05) is 11.8 Å². The smallest absolute Gasteiger partial charge is 0.313 e. The minimum absolute atomic E-state index is 0.118. The van der Waals surface area contributed by atoms with E-state index in [4.69, 9.17) is 10.5 Å². The van der Waals surface area contributed by atoms with Crippen LogP contribution in [0.15, 0.2) is 5.16 Å². The fourth-order valence-corrected chi connectivity index (χ4v) is 3.70. The van der Waals surface area contributed by atoms with E-state index in [-0.39, 0.29) is 24.6 Å². The summed E-state index contributed by atoms with van der Waals surface area (Å²) in [5.74, 6) is -0.183. The third kappa shape index (κ3) is 3.75. The first-order valence-corrected chi connectivity index (χ1v) is 8.56. The molecule has 0 fully saturated rings. The molecule has 0 spiro atoms. The molecule has 0 saturated heterocycles. The Hall–Kier alpha value is -1.67. The van der Waals surface area contributed by atoms with Gasteiger partial charge in [0.15, 0.2) is 10.9 Å². The fourth-order valence-electron chi connectivity index (χ4n) is 1.89. The van der Waals surface area contributed by atoms with Crippen molar-refractivity contribution in [2.75, 3.05) is 18.1 Å². The molecule has 0 bridgehead atoms. The van der Waals surface area contributed by atoms with E-state index in [0.717, 1.165) is 20.7 Å². The van der Waals surface area contributed by atoms with Crippen molar-refractivity contribution in [1.29, 1.82) is 0 Å². The summed E-state index contributed by atoms with van der Waals surface area (Å²) >= 11 is 2.73. The van der Waals surface area contributed by atoms with Gasteiger partial charge in [0.05, 0.1) is 17.7 Å². The summed E-state index contributed by atoms with van der Waals surface area (Å²) in [7, 11) is 0. The van der Waals surface area contributed by atoms with E-state index in [2.05, 4.69) is 9.97 Å². The Kier molecular flexibility index (Phi) is 5.36. The van der Waals surface area contributed by atoms with Crippen LogP contribution in [-0.4, -0.2) is 34.1 Å². The molecule has 0 saturated carbocycles. The van der Waals surface area contributed by atoms with Crippen LogP contribution < -0.4 is 5.73 Å². The van der Waals surface area contributed by atoms with Crippen LogP contribution >= 0.6 is 23.1 Å². The van der Waals surface area contributed by atoms with E-state index in [1.165, 1.54) is 11.8 Å². The summed E-state index contributed by atoms with van der Waals surface area (Å²) in [6.07, 6.45) is -0.226. The lowest BCUT2D eigenvalue weighted by Crippen LogP contribution is -2.13. The van der Waals surface area contributed by atoms with Gasteiger partial charge in [-0.05, 0) is 26.3 Å². The Balaban J connectivity index is 2.06. The molecule has 2 rings (SSSR count). The number of hydrogen-bond donors (Lipinski definition) is 1. The van der Waals surface area contributed by atoms with Crippen molar-refractivity contribution >= 4 is 50.9 Å². The number of rotatable bonds is 6. The van der Waals surface area contributed by atoms with Crippen LogP contribution in [0.1, 0.15) is 23.8 Å². The maximum atomic E-state index is 11.7. The number of carbonyl (C=O) groups excluding carboxylic acids is 2. The molecular formula is C14H17N3O3S2. The van der Waals surface area contributed by atoms with Gasteiger partial charge in [-0.15, -0.1) is 11.3 Å². The highest BCUT2D eigenvalue weighted by Gasteiger charge is 2.15. The van der Waals surface area contributed by atoms with Crippen LogP contribution in [0.5, 0.6) is 0 Å². The Morgan fingerprint density at radius 2 is 2.05 bits per heavy atom. The van der Waals surface area contributed by atoms with E-state index in [9.17, 15) is 9.59 Å². The van der Waals surface area contributed by atoms with Gasteiger partial charge in [-0.25, -0.2) is 9.97 Å². The Morgan fingerprint density at radius 1 is 1.32 bits per heavy atom. The summed E-state index contributed by atoms with van der Waals surface area (Å²) in [4.78, 5) is 33.6. The molecule has 22 heavy (non-hydrogen) atoms. The van der Waals surface area contributed by atoms with Crippen molar-refractivity contribution in [2.45, 2.75) is 32.3 Å². The van der Waals surface area contributed by atoms with Gasteiger partial charge in [-0.2, -0.15) is 0 Å². The highest BCUT2D eigenvalue weighted by molar-refractivity contribution is 7.99. The van der Waals surface area contributed by atoms with Gasteiger partial charge >= 0.3 is 5.97 Å². The molecule has 8 heteroatoms. The van der Waals surface area contributed by atoms with E-state index >= 15 is 0 Å². The Labute approximate surface area is 136 Å². The molecule has 0 aliphatic heterocycles. The van der Waals surface area contributed by atoms with Gasteiger partial charge in [0.1, 0.15) is 17.1 Å². The van der Waals surface area contributed by atoms with E-state index in [1.54, 1.807) is 18.3 Å². The minimum Gasteiger partial charge on any atom is -0.466 e. The standard InChI is InChI=1S/C14H17N3O3S2/c1-4-20-10(19)5-9(18)6-21-14-16-12(15)11-7(2)8(3)22-13(11)17-14/h4-6H2,1-3H3,(H2,15,16,17). The Morgan fingerprint density at radius 3 is 2.73 bits per heavy atom. The van der Waals surface area contributed by atoms with Gasteiger partial charge in [0.25, 0.3) is 0 Å². The molecule has 0 atom stereocenters. The first-order valence-electron chi connectivity index (χ1n) is 6.75. The van der Waals surface area contributed by atoms with Crippen LogP contribution in [0.3, 0.4) is 0 Å². The number of thiophene rings is 1. The van der Waals surface area contributed by atoms with Crippen molar-refractivity contribution in [2.24, 2.45) is 0 Å². The zero-order valence-electron chi connectivity index (χ0n) is 12.6. The largest absolute Gasteiger partial charge is 0.466 e. The predicted molar refractivity (Wildman–Crippen MR) is 88.3 cm³/mol. The fraction of sp³-hybridized carbons (Fsp3) is 0.429. The zero-order chi connectivity index (χ0) is 16.3. The van der Waals surface area contributed by atoms with Gasteiger partial charge in [0.2, 0.25) is 0 Å². The van der Waals surface area contributed by atoms with Crippen LogP contribution in [0.4, 0.5) is 5.82 Å². The highest BCUT2D eigenvalue weighted by atomic mass is 32.2. The predicted octanol–water partition coefficient (Wildman–Crippen LogP) is 2.50. The lowest BCUT2D eigenvalue weighted by atomic mass is 10.2. The molecule has 6 nitrogen and oxygen atoms in total. The maximum absolute atomic E-state index is 11.7. The third-order valence-electron chi connectivity index (χ3n) is 3.05. The number of fused-ring (bicyclic) bond motifs is 1. The molecule has 0 aliphatic rings. The molecule has 0 radical (unpaired) electrons. The number of esters is 1. The average Bonchev–Trinajstić information content (AvgIpc) is 2.72. The van der Waals surface area contributed by atoms with Crippen molar-refractivity contribution in [3.8, 4) is 0 Å². The first kappa shape index (κ1) is 16.7. The van der Waals surface area contributed by atoms with Gasteiger partial charge < -0.3 is 10.5 Å². The molecule has 0 aromatic carbocycles. The Bertz CT molecular complexity index is 728. The number of aromatic nitrogens is 2. The SMILES string of the molecule is CCOC(=O)CC(=O)CSc1nc(N)c2c(C)c(C)sc2n1. The number of ketones is 1. The number of anilines is 1. The lowest BCUT2D eigenvalue weighted by Gasteiger charge is -2.03. The number of nitrogens with zero attached hydrogens (tertiary/aromatic N) is 2. The molecule has 2 aromatic rings. The zero-order valence-corrected chi connectivity index (χ0v) is 14.3. The number of ether oxygens (including phenoxy) is 1. The van der Waals surface area contributed by atoms with E-state index in [0.29, 0.717) is 11.0 Å². The lowest BCUT2D eigenvalue weighted by molar-refractivity contribution is -0.145. The number of nitrogens with two attached hydrogens (primary N) is 1. The number of nitrogen functional groups attached to an aromatic ring is 1. The highest BCUT2D eigenvalue weighted by Crippen LogP contribution is 2.33. The number of thioether (sulfide) groups is 1.